The van der Waals surface area contributed by atoms with Crippen LogP contribution in [0.3, 0.4) is 0 Å². The maximum atomic E-state index is 2.48. The van der Waals surface area contributed by atoms with Crippen LogP contribution < -0.4 is 0 Å². The zero-order valence-corrected chi connectivity index (χ0v) is 8.41. The molecule has 0 saturated carbocycles. The highest BCUT2D eigenvalue weighted by molar-refractivity contribution is 4.96. The van der Waals surface area contributed by atoms with Gasteiger partial charge in [0.2, 0.25) is 0 Å². The van der Waals surface area contributed by atoms with Crippen LogP contribution >= 0.6 is 0 Å². The van der Waals surface area contributed by atoms with E-state index in [4.69, 9.17) is 0 Å². The third kappa shape index (κ3) is 2.72. The first-order valence-electron chi connectivity index (χ1n) is 5.77. The minimum absolute atomic E-state index is 0.884. The average Bonchev–Trinajstić information content (AvgIpc) is 2.00. The molecular formula is C13H20. The maximum Gasteiger partial charge on any atom is -0.0228 e. The van der Waals surface area contributed by atoms with Gasteiger partial charge in [-0.05, 0) is 56.8 Å². The Labute approximate surface area is 81.7 Å². The summed E-state index contributed by atoms with van der Waals surface area (Å²) in [6.45, 7) is 0. The largest absolute Gasteiger partial charge is 0.0885 e. The molecule has 0 N–H and O–H groups in total. The quantitative estimate of drug-likeness (QED) is 0.488. The van der Waals surface area contributed by atoms with Gasteiger partial charge in [-0.1, -0.05) is 24.3 Å². The van der Waals surface area contributed by atoms with Gasteiger partial charge in [-0.15, -0.1) is 0 Å². The summed E-state index contributed by atoms with van der Waals surface area (Å²) in [5.41, 5.74) is 0. The summed E-state index contributed by atoms with van der Waals surface area (Å²) in [6, 6.07) is 0. The summed E-state index contributed by atoms with van der Waals surface area (Å²) in [7, 11) is 0. The Morgan fingerprint density at radius 2 is 1.92 bits per heavy atom. The van der Waals surface area contributed by atoms with Crippen LogP contribution in [0.25, 0.3) is 0 Å². The number of fused-ring (bicyclic) bond motifs is 2. The van der Waals surface area contributed by atoms with Crippen molar-refractivity contribution in [2.75, 3.05) is 0 Å². The van der Waals surface area contributed by atoms with Gasteiger partial charge in [-0.2, -0.15) is 0 Å². The molecule has 0 aliphatic heterocycles. The van der Waals surface area contributed by atoms with Gasteiger partial charge >= 0.3 is 0 Å². The summed E-state index contributed by atoms with van der Waals surface area (Å²) in [6.07, 6.45) is 19.3. The van der Waals surface area contributed by atoms with Gasteiger partial charge in [-0.25, -0.2) is 0 Å². The lowest BCUT2D eigenvalue weighted by atomic mass is 9.82. The van der Waals surface area contributed by atoms with Crippen molar-refractivity contribution in [1.29, 1.82) is 0 Å². The fourth-order valence-electron chi connectivity index (χ4n) is 2.58. The minimum Gasteiger partial charge on any atom is -0.0885 e. The standard InChI is InChI=1S/C13H20/c1-3-7-12-9-5-2-6-10-13(11-12)8-4-1/h1,3,6,10,12-13H,2,4-5,7-9,11H2/b3-1-,10-6?. The van der Waals surface area contributed by atoms with Crippen molar-refractivity contribution in [1.82, 2.24) is 0 Å². The first-order valence-corrected chi connectivity index (χ1v) is 5.77. The van der Waals surface area contributed by atoms with Crippen molar-refractivity contribution in [3.8, 4) is 0 Å². The van der Waals surface area contributed by atoms with E-state index in [-0.39, 0.29) is 0 Å². The molecule has 0 fully saturated rings. The van der Waals surface area contributed by atoms with Crippen LogP contribution in [0.1, 0.15) is 44.9 Å². The van der Waals surface area contributed by atoms with Crippen molar-refractivity contribution in [3.63, 3.8) is 0 Å². The highest BCUT2D eigenvalue weighted by atomic mass is 14.2. The van der Waals surface area contributed by atoms with Gasteiger partial charge in [-0.3, -0.25) is 0 Å². The molecule has 0 spiro atoms. The van der Waals surface area contributed by atoms with E-state index in [9.17, 15) is 0 Å². The fraction of sp³-hybridized carbons (Fsp3) is 0.692. The predicted octanol–water partition coefficient (Wildman–Crippen LogP) is 4.09. The Kier molecular flexibility index (Phi) is 3.23. The maximum absolute atomic E-state index is 2.48. The van der Waals surface area contributed by atoms with Crippen LogP contribution in [0.4, 0.5) is 0 Å². The lowest BCUT2D eigenvalue weighted by Gasteiger charge is -2.23. The predicted molar refractivity (Wildman–Crippen MR) is 57.6 cm³/mol. The third-order valence-corrected chi connectivity index (χ3v) is 3.37. The molecular weight excluding hydrogens is 156 g/mol. The first kappa shape index (κ1) is 9.05. The van der Waals surface area contributed by atoms with E-state index in [1.807, 2.05) is 0 Å². The Morgan fingerprint density at radius 1 is 0.923 bits per heavy atom. The number of hydrogen-bond donors (Lipinski definition) is 0. The van der Waals surface area contributed by atoms with Crippen LogP contribution in [0.15, 0.2) is 24.3 Å². The van der Waals surface area contributed by atoms with Crippen molar-refractivity contribution in [3.05, 3.63) is 24.3 Å². The summed E-state index contributed by atoms with van der Waals surface area (Å²) >= 11 is 0. The molecule has 0 amide bonds. The lowest BCUT2D eigenvalue weighted by Crippen LogP contribution is -2.10. The van der Waals surface area contributed by atoms with E-state index in [1.54, 1.807) is 0 Å². The van der Waals surface area contributed by atoms with E-state index >= 15 is 0 Å². The second kappa shape index (κ2) is 4.64. The fourth-order valence-corrected chi connectivity index (χ4v) is 2.58. The van der Waals surface area contributed by atoms with Gasteiger partial charge in [0, 0.05) is 0 Å². The Hall–Kier alpha value is -0.520. The third-order valence-electron chi connectivity index (χ3n) is 3.37. The van der Waals surface area contributed by atoms with Crippen LogP contribution in [0.2, 0.25) is 0 Å². The van der Waals surface area contributed by atoms with Gasteiger partial charge in [0.05, 0.1) is 0 Å². The topological polar surface area (TPSA) is 0 Å². The smallest absolute Gasteiger partial charge is 0.0228 e. The molecule has 0 heteroatoms. The summed E-state index contributed by atoms with van der Waals surface area (Å²) < 4.78 is 0. The molecule has 0 radical (unpaired) electrons. The number of allylic oxidation sites excluding steroid dienone is 4. The second-order valence-electron chi connectivity index (χ2n) is 4.51. The molecule has 2 bridgehead atoms. The van der Waals surface area contributed by atoms with Crippen LogP contribution in [0.5, 0.6) is 0 Å². The SMILES string of the molecule is C1=CC2CC/C=C\CC(CCC1)C2. The molecule has 0 aromatic rings. The Balaban J connectivity index is 2.04. The summed E-state index contributed by atoms with van der Waals surface area (Å²) in [5, 5.41) is 0. The van der Waals surface area contributed by atoms with Crippen molar-refractivity contribution in [2.45, 2.75) is 44.9 Å². The zero-order valence-electron chi connectivity index (χ0n) is 8.41. The van der Waals surface area contributed by atoms with E-state index < -0.39 is 0 Å². The first-order chi connectivity index (χ1) is 6.45. The lowest BCUT2D eigenvalue weighted by molar-refractivity contribution is 0.362. The van der Waals surface area contributed by atoms with E-state index in [1.165, 1.54) is 44.9 Å². The molecule has 2 aliphatic rings. The average molecular weight is 176 g/mol. The molecule has 72 valence electrons. The van der Waals surface area contributed by atoms with Crippen molar-refractivity contribution >= 4 is 0 Å². The van der Waals surface area contributed by atoms with Crippen molar-refractivity contribution < 1.29 is 0 Å². The van der Waals surface area contributed by atoms with Crippen LogP contribution in [-0.4, -0.2) is 0 Å². The molecule has 2 aliphatic carbocycles. The van der Waals surface area contributed by atoms with Gasteiger partial charge in [0.25, 0.3) is 0 Å². The minimum atomic E-state index is 0.884. The van der Waals surface area contributed by atoms with E-state index in [0.29, 0.717) is 0 Å². The van der Waals surface area contributed by atoms with E-state index in [0.717, 1.165) is 11.8 Å². The molecule has 2 rings (SSSR count). The van der Waals surface area contributed by atoms with Gasteiger partial charge in [0.15, 0.2) is 0 Å². The zero-order chi connectivity index (χ0) is 8.93. The molecule has 0 aromatic heterocycles. The number of hydrogen-bond acceptors (Lipinski definition) is 0. The summed E-state index contributed by atoms with van der Waals surface area (Å²) in [4.78, 5) is 0. The van der Waals surface area contributed by atoms with E-state index in [2.05, 4.69) is 24.3 Å². The number of rotatable bonds is 0. The normalized spacial score (nSPS) is 36.9. The highest BCUT2D eigenvalue weighted by Crippen LogP contribution is 2.30. The molecule has 0 aromatic carbocycles. The van der Waals surface area contributed by atoms with Gasteiger partial charge in [0.1, 0.15) is 0 Å². The van der Waals surface area contributed by atoms with Crippen LogP contribution in [0, 0.1) is 11.8 Å². The molecule has 13 heavy (non-hydrogen) atoms. The monoisotopic (exact) mass is 176 g/mol. The molecule has 0 heterocycles. The van der Waals surface area contributed by atoms with Gasteiger partial charge < -0.3 is 0 Å². The molecule has 2 unspecified atom stereocenters. The van der Waals surface area contributed by atoms with Crippen LogP contribution in [-0.2, 0) is 0 Å². The second-order valence-corrected chi connectivity index (χ2v) is 4.51. The Bertz CT molecular complexity index is 200. The highest BCUT2D eigenvalue weighted by Gasteiger charge is 2.16. The van der Waals surface area contributed by atoms with Crippen molar-refractivity contribution in [2.24, 2.45) is 11.8 Å². The Morgan fingerprint density at radius 3 is 2.92 bits per heavy atom. The molecule has 0 nitrogen and oxygen atoms in total. The molecule has 0 saturated heterocycles. The summed E-state index contributed by atoms with van der Waals surface area (Å²) in [5.74, 6) is 1.86. The molecule has 2 atom stereocenters.